The van der Waals surface area contributed by atoms with Crippen molar-refractivity contribution in [2.75, 3.05) is 0 Å². The molecular formula is C17H13NO4. The average molecular weight is 295 g/mol. The lowest BCUT2D eigenvalue weighted by atomic mass is 10.2. The molecule has 0 aliphatic heterocycles. The Balaban J connectivity index is 2.09. The van der Waals surface area contributed by atoms with Crippen LogP contribution in [0.2, 0.25) is 0 Å². The maximum atomic E-state index is 11.8. The zero-order chi connectivity index (χ0) is 15.8. The van der Waals surface area contributed by atoms with Crippen LogP contribution in [0.25, 0.3) is 12.2 Å². The predicted octanol–water partition coefficient (Wildman–Crippen LogP) is 3.55. The number of nitrogens with zero attached hydrogens (tertiary/aromatic N) is 1. The maximum Gasteiger partial charge on any atom is 0.336 e. The van der Waals surface area contributed by atoms with Crippen LogP contribution in [-0.4, -0.2) is 10.9 Å². The smallest absolute Gasteiger partial charge is 0.336 e. The van der Waals surface area contributed by atoms with E-state index in [4.69, 9.17) is 4.74 Å². The lowest BCUT2D eigenvalue weighted by Gasteiger charge is -2.04. The Hall–Kier alpha value is -3.21. The van der Waals surface area contributed by atoms with Gasteiger partial charge in [0.1, 0.15) is 5.75 Å². The highest BCUT2D eigenvalue weighted by atomic mass is 16.6. The second-order valence-electron chi connectivity index (χ2n) is 4.30. The van der Waals surface area contributed by atoms with Crippen molar-refractivity contribution in [3.8, 4) is 5.75 Å². The molecule has 5 heteroatoms. The maximum absolute atomic E-state index is 11.8. The van der Waals surface area contributed by atoms with Gasteiger partial charge in [0.2, 0.25) is 6.20 Å². The van der Waals surface area contributed by atoms with Gasteiger partial charge in [0.25, 0.3) is 0 Å². The molecule has 0 spiro atoms. The van der Waals surface area contributed by atoms with Crippen LogP contribution >= 0.6 is 0 Å². The van der Waals surface area contributed by atoms with Crippen molar-refractivity contribution in [3.05, 3.63) is 88.1 Å². The molecular weight excluding hydrogens is 282 g/mol. The lowest BCUT2D eigenvalue weighted by Crippen LogP contribution is -2.04. The largest absolute Gasteiger partial charge is 0.423 e. The molecule has 0 N–H and O–H groups in total. The number of nitro groups is 1. The molecule has 0 unspecified atom stereocenters. The van der Waals surface area contributed by atoms with Crippen LogP contribution in [0.15, 0.2) is 66.9 Å². The molecule has 0 aliphatic rings. The van der Waals surface area contributed by atoms with Crippen molar-refractivity contribution in [2.24, 2.45) is 0 Å². The second kappa shape index (κ2) is 7.54. The van der Waals surface area contributed by atoms with Crippen molar-refractivity contribution in [1.82, 2.24) is 0 Å². The van der Waals surface area contributed by atoms with Crippen LogP contribution in [0.1, 0.15) is 11.1 Å². The minimum Gasteiger partial charge on any atom is -0.423 e. The number of para-hydroxylation sites is 1. The van der Waals surface area contributed by atoms with Crippen LogP contribution < -0.4 is 4.74 Å². The van der Waals surface area contributed by atoms with E-state index in [0.29, 0.717) is 5.56 Å². The van der Waals surface area contributed by atoms with Gasteiger partial charge in [-0.15, -0.1) is 0 Å². The van der Waals surface area contributed by atoms with E-state index in [0.717, 1.165) is 11.8 Å². The van der Waals surface area contributed by atoms with E-state index in [1.165, 1.54) is 12.2 Å². The minimum absolute atomic E-state index is 0.267. The lowest BCUT2D eigenvalue weighted by molar-refractivity contribution is -0.400. The molecule has 0 fully saturated rings. The average Bonchev–Trinajstić information content (AvgIpc) is 2.53. The molecule has 0 saturated carbocycles. The number of ether oxygens (including phenoxy) is 1. The number of carbonyl (C=O) groups excluding carboxylic acids is 1. The van der Waals surface area contributed by atoms with E-state index in [1.807, 2.05) is 30.3 Å². The molecule has 0 atom stereocenters. The summed E-state index contributed by atoms with van der Waals surface area (Å²) in [7, 11) is 0. The SMILES string of the molecule is O=C(/C=C/c1ccccc1)Oc1ccccc1/C=C/[N+](=O)[O-]. The number of benzene rings is 2. The van der Waals surface area contributed by atoms with E-state index >= 15 is 0 Å². The molecule has 0 aliphatic carbocycles. The zero-order valence-corrected chi connectivity index (χ0v) is 11.6. The minimum atomic E-state index is -0.575. The molecule has 2 aromatic rings. The van der Waals surface area contributed by atoms with Gasteiger partial charge in [-0.1, -0.05) is 48.5 Å². The van der Waals surface area contributed by atoms with Gasteiger partial charge in [0.15, 0.2) is 0 Å². The fourth-order valence-corrected chi connectivity index (χ4v) is 1.72. The third-order valence-electron chi connectivity index (χ3n) is 2.72. The standard InChI is InChI=1S/C17H13NO4/c19-17(11-10-14-6-2-1-3-7-14)22-16-9-5-4-8-15(16)12-13-18(20)21/h1-13H/b11-10+,13-12+. The van der Waals surface area contributed by atoms with Gasteiger partial charge in [-0.3, -0.25) is 10.1 Å². The summed E-state index contributed by atoms with van der Waals surface area (Å²) in [5.74, 6) is -0.283. The topological polar surface area (TPSA) is 69.4 Å². The molecule has 110 valence electrons. The molecule has 5 nitrogen and oxygen atoms in total. The van der Waals surface area contributed by atoms with Crippen LogP contribution in [0, 0.1) is 10.1 Å². The van der Waals surface area contributed by atoms with Gasteiger partial charge in [0, 0.05) is 17.7 Å². The molecule has 0 amide bonds. The molecule has 0 heterocycles. The Morgan fingerprint density at radius 2 is 1.68 bits per heavy atom. The molecule has 0 bridgehead atoms. The monoisotopic (exact) mass is 295 g/mol. The molecule has 0 radical (unpaired) electrons. The van der Waals surface area contributed by atoms with Gasteiger partial charge in [-0.25, -0.2) is 4.79 Å². The first-order valence-electron chi connectivity index (χ1n) is 6.51. The summed E-state index contributed by atoms with van der Waals surface area (Å²) < 4.78 is 5.20. The molecule has 2 aromatic carbocycles. The highest BCUT2D eigenvalue weighted by Crippen LogP contribution is 2.19. The predicted molar refractivity (Wildman–Crippen MR) is 83.6 cm³/mol. The third kappa shape index (κ3) is 4.72. The highest BCUT2D eigenvalue weighted by molar-refractivity contribution is 5.89. The number of hydrogen-bond acceptors (Lipinski definition) is 4. The normalized spacial score (nSPS) is 10.9. The number of hydrogen-bond donors (Lipinski definition) is 0. The summed E-state index contributed by atoms with van der Waals surface area (Å²) >= 11 is 0. The van der Waals surface area contributed by atoms with Crippen molar-refractivity contribution < 1.29 is 14.5 Å². The second-order valence-corrected chi connectivity index (χ2v) is 4.30. The zero-order valence-electron chi connectivity index (χ0n) is 11.6. The van der Waals surface area contributed by atoms with E-state index in [-0.39, 0.29) is 5.75 Å². The Morgan fingerprint density at radius 3 is 2.41 bits per heavy atom. The van der Waals surface area contributed by atoms with Gasteiger partial charge in [-0.2, -0.15) is 0 Å². The van der Waals surface area contributed by atoms with Gasteiger partial charge < -0.3 is 4.74 Å². The van der Waals surface area contributed by atoms with Gasteiger partial charge in [0.05, 0.1) is 4.92 Å². The summed E-state index contributed by atoms with van der Waals surface area (Å²) in [6.45, 7) is 0. The van der Waals surface area contributed by atoms with E-state index < -0.39 is 10.9 Å². The number of rotatable bonds is 5. The fraction of sp³-hybridized carbons (Fsp3) is 0. The Bertz CT molecular complexity index is 720. The molecule has 22 heavy (non-hydrogen) atoms. The molecule has 0 saturated heterocycles. The first-order chi connectivity index (χ1) is 10.6. The summed E-state index contributed by atoms with van der Waals surface area (Å²) in [6.07, 6.45) is 5.02. The van der Waals surface area contributed by atoms with Crippen LogP contribution in [-0.2, 0) is 4.79 Å². The van der Waals surface area contributed by atoms with Gasteiger partial charge >= 0.3 is 5.97 Å². The van der Waals surface area contributed by atoms with Crippen molar-refractivity contribution in [2.45, 2.75) is 0 Å². The summed E-state index contributed by atoms with van der Waals surface area (Å²) in [6, 6.07) is 15.9. The first-order valence-corrected chi connectivity index (χ1v) is 6.51. The Labute approximate surface area is 127 Å². The van der Waals surface area contributed by atoms with E-state index in [2.05, 4.69) is 0 Å². The van der Waals surface area contributed by atoms with Crippen LogP contribution in [0.3, 0.4) is 0 Å². The van der Waals surface area contributed by atoms with Crippen molar-refractivity contribution in [3.63, 3.8) is 0 Å². The van der Waals surface area contributed by atoms with Crippen LogP contribution in [0.4, 0.5) is 0 Å². The van der Waals surface area contributed by atoms with E-state index in [9.17, 15) is 14.9 Å². The number of esters is 1. The summed E-state index contributed by atoms with van der Waals surface area (Å²) in [5.41, 5.74) is 1.33. The van der Waals surface area contributed by atoms with Crippen LogP contribution in [0.5, 0.6) is 5.75 Å². The molecule has 0 aromatic heterocycles. The summed E-state index contributed by atoms with van der Waals surface area (Å²) in [4.78, 5) is 21.6. The van der Waals surface area contributed by atoms with Crippen molar-refractivity contribution in [1.29, 1.82) is 0 Å². The van der Waals surface area contributed by atoms with Crippen molar-refractivity contribution >= 4 is 18.1 Å². The quantitative estimate of drug-likeness (QED) is 0.278. The van der Waals surface area contributed by atoms with E-state index in [1.54, 1.807) is 30.3 Å². The molecule has 2 rings (SSSR count). The summed E-state index contributed by atoms with van der Waals surface area (Å²) in [5, 5.41) is 10.4. The Kier molecular flexibility index (Phi) is 5.20. The highest BCUT2D eigenvalue weighted by Gasteiger charge is 2.05. The fourth-order valence-electron chi connectivity index (χ4n) is 1.72. The number of carbonyl (C=O) groups is 1. The third-order valence-corrected chi connectivity index (χ3v) is 2.72. The Morgan fingerprint density at radius 1 is 1.00 bits per heavy atom. The first kappa shape index (κ1) is 15.2. The van der Waals surface area contributed by atoms with Gasteiger partial charge in [-0.05, 0) is 17.7 Å².